The van der Waals surface area contributed by atoms with Gasteiger partial charge < -0.3 is 5.32 Å². The van der Waals surface area contributed by atoms with Gasteiger partial charge in [0.15, 0.2) is 0 Å². The third-order valence-corrected chi connectivity index (χ3v) is 5.13. The molecule has 4 rings (SSSR count). The van der Waals surface area contributed by atoms with Gasteiger partial charge in [-0.2, -0.15) is 13.2 Å². The normalized spacial score (nSPS) is 25.1. The van der Waals surface area contributed by atoms with Crippen molar-refractivity contribution < 1.29 is 13.2 Å². The van der Waals surface area contributed by atoms with E-state index in [4.69, 9.17) is 11.6 Å². The van der Waals surface area contributed by atoms with Gasteiger partial charge in [-0.15, -0.1) is 0 Å². The monoisotopic (exact) mass is 349 g/mol. The molecule has 0 unspecified atom stereocenters. The summed E-state index contributed by atoms with van der Waals surface area (Å²) in [7, 11) is 0. The Morgan fingerprint density at radius 2 is 1.92 bits per heavy atom. The second-order valence-corrected chi connectivity index (χ2v) is 6.77. The molecule has 2 aromatic rings. The van der Waals surface area contributed by atoms with Gasteiger partial charge in [0.25, 0.3) is 0 Å². The van der Waals surface area contributed by atoms with Gasteiger partial charge in [-0.3, -0.25) is 0 Å². The highest BCUT2D eigenvalue weighted by Gasteiger charge is 2.39. The van der Waals surface area contributed by atoms with Crippen LogP contribution in [0.4, 0.5) is 18.9 Å². The second-order valence-electron chi connectivity index (χ2n) is 6.33. The minimum Gasteiger partial charge on any atom is -0.378 e. The molecule has 0 spiro atoms. The summed E-state index contributed by atoms with van der Waals surface area (Å²) in [6, 6.07) is 11.6. The van der Waals surface area contributed by atoms with Gasteiger partial charge in [0.05, 0.1) is 11.6 Å². The highest BCUT2D eigenvalue weighted by Crippen LogP contribution is 2.50. The van der Waals surface area contributed by atoms with Gasteiger partial charge in [-0.1, -0.05) is 35.9 Å². The number of fused-ring (bicyclic) bond motifs is 3. The molecule has 2 aliphatic rings. The highest BCUT2D eigenvalue weighted by atomic mass is 35.5. The zero-order valence-corrected chi connectivity index (χ0v) is 13.4. The Balaban J connectivity index is 1.78. The van der Waals surface area contributed by atoms with E-state index in [2.05, 4.69) is 11.4 Å². The molecule has 124 valence electrons. The number of hydrogen-bond acceptors (Lipinski definition) is 1. The van der Waals surface area contributed by atoms with E-state index in [0.717, 1.165) is 29.3 Å². The van der Waals surface area contributed by atoms with E-state index in [9.17, 15) is 13.2 Å². The van der Waals surface area contributed by atoms with Crippen LogP contribution in [0.25, 0.3) is 0 Å². The first kappa shape index (κ1) is 15.6. The highest BCUT2D eigenvalue weighted by molar-refractivity contribution is 6.30. The molecule has 24 heavy (non-hydrogen) atoms. The first-order valence-electron chi connectivity index (χ1n) is 7.83. The quantitative estimate of drug-likeness (QED) is 0.606. The van der Waals surface area contributed by atoms with Crippen LogP contribution in [0.2, 0.25) is 5.02 Å². The lowest BCUT2D eigenvalue weighted by Crippen LogP contribution is -2.29. The zero-order valence-electron chi connectivity index (χ0n) is 12.6. The lowest BCUT2D eigenvalue weighted by molar-refractivity contribution is -0.137. The predicted octanol–water partition coefficient (Wildman–Crippen LogP) is 6.19. The standard InChI is InChI=1S/C19H15ClF3N/c20-13-4-1-3-11(9-13)18-15-6-2-5-14(15)16-10-12(19(21,22)23)7-8-17(16)24-18/h1-5,7-10,14-15,18,24H,6H2/t14-,15+,18-/m1/s1. The van der Waals surface area contributed by atoms with E-state index in [1.54, 1.807) is 0 Å². The van der Waals surface area contributed by atoms with Crippen molar-refractivity contribution in [3.63, 3.8) is 0 Å². The maximum absolute atomic E-state index is 13.0. The Kier molecular flexibility index (Phi) is 3.61. The van der Waals surface area contributed by atoms with Crippen LogP contribution in [0.15, 0.2) is 54.6 Å². The van der Waals surface area contributed by atoms with Gasteiger partial charge >= 0.3 is 6.18 Å². The number of hydrogen-bond donors (Lipinski definition) is 1. The summed E-state index contributed by atoms with van der Waals surface area (Å²) in [5.41, 5.74) is 1.96. The fraction of sp³-hybridized carbons (Fsp3) is 0.263. The summed E-state index contributed by atoms with van der Waals surface area (Å²) < 4.78 is 39.1. The topological polar surface area (TPSA) is 12.0 Å². The number of alkyl halides is 3. The fourth-order valence-electron chi connectivity index (χ4n) is 3.80. The van der Waals surface area contributed by atoms with E-state index < -0.39 is 11.7 Å². The molecular formula is C19H15ClF3N. The number of nitrogens with one attached hydrogen (secondary N) is 1. The minimum absolute atomic E-state index is 0.00692. The molecule has 1 N–H and O–H groups in total. The van der Waals surface area contributed by atoms with Crippen LogP contribution < -0.4 is 5.32 Å². The molecule has 0 saturated heterocycles. The molecule has 5 heteroatoms. The third kappa shape index (κ3) is 2.59. The number of halogens is 4. The maximum atomic E-state index is 13.0. The average molecular weight is 350 g/mol. The van der Waals surface area contributed by atoms with Crippen molar-refractivity contribution in [3.8, 4) is 0 Å². The molecule has 1 nitrogen and oxygen atoms in total. The molecule has 2 aromatic carbocycles. The summed E-state index contributed by atoms with van der Waals surface area (Å²) in [4.78, 5) is 0. The number of benzene rings is 2. The van der Waals surface area contributed by atoms with Gasteiger partial charge in [0.2, 0.25) is 0 Å². The fourth-order valence-corrected chi connectivity index (χ4v) is 4.00. The zero-order chi connectivity index (χ0) is 16.9. The van der Waals surface area contributed by atoms with Crippen LogP contribution in [0.1, 0.15) is 35.1 Å². The molecule has 3 atom stereocenters. The molecule has 0 fully saturated rings. The Bertz CT molecular complexity index is 812. The van der Waals surface area contributed by atoms with Crippen molar-refractivity contribution in [2.24, 2.45) is 5.92 Å². The Morgan fingerprint density at radius 3 is 2.67 bits per heavy atom. The van der Waals surface area contributed by atoms with Crippen molar-refractivity contribution in [2.75, 3.05) is 5.32 Å². The summed E-state index contributed by atoms with van der Waals surface area (Å²) in [6.45, 7) is 0. The van der Waals surface area contributed by atoms with Crippen LogP contribution in [0, 0.1) is 5.92 Å². The first-order valence-corrected chi connectivity index (χ1v) is 8.21. The minimum atomic E-state index is -4.32. The SMILES string of the molecule is FC(F)(F)c1ccc2c(c1)[C@@H]1C=CC[C@@H]1[C@@H](c1cccc(Cl)c1)N2. The second kappa shape index (κ2) is 5.55. The number of rotatable bonds is 1. The summed E-state index contributed by atoms with van der Waals surface area (Å²) in [6.07, 6.45) is 0.604. The lowest BCUT2D eigenvalue weighted by Gasteiger charge is -2.38. The number of anilines is 1. The maximum Gasteiger partial charge on any atom is 0.416 e. The summed E-state index contributed by atoms with van der Waals surface area (Å²) in [5, 5.41) is 4.09. The van der Waals surface area contributed by atoms with E-state index in [-0.39, 0.29) is 17.9 Å². The molecule has 1 aliphatic heterocycles. The smallest absolute Gasteiger partial charge is 0.378 e. The molecule has 1 aliphatic carbocycles. The molecule has 1 heterocycles. The van der Waals surface area contributed by atoms with Crippen molar-refractivity contribution in [3.05, 3.63) is 76.3 Å². The van der Waals surface area contributed by atoms with Crippen LogP contribution in [-0.2, 0) is 6.18 Å². The first-order chi connectivity index (χ1) is 11.4. The van der Waals surface area contributed by atoms with Crippen LogP contribution in [0.5, 0.6) is 0 Å². The Labute approximate surface area is 143 Å². The average Bonchev–Trinajstić information content (AvgIpc) is 3.02. The Morgan fingerprint density at radius 1 is 1.08 bits per heavy atom. The van der Waals surface area contributed by atoms with E-state index in [1.165, 1.54) is 12.1 Å². The number of allylic oxidation sites excluding steroid dienone is 2. The van der Waals surface area contributed by atoms with Gasteiger partial charge in [-0.05, 0) is 53.8 Å². The van der Waals surface area contributed by atoms with Gasteiger partial charge in [0.1, 0.15) is 0 Å². The van der Waals surface area contributed by atoms with E-state index in [0.29, 0.717) is 5.02 Å². The third-order valence-electron chi connectivity index (χ3n) is 4.90. The summed E-state index contributed by atoms with van der Waals surface area (Å²) in [5.74, 6) is 0.187. The van der Waals surface area contributed by atoms with Crippen LogP contribution in [0.3, 0.4) is 0 Å². The van der Waals surface area contributed by atoms with Gasteiger partial charge in [0, 0.05) is 16.6 Å². The van der Waals surface area contributed by atoms with Crippen LogP contribution >= 0.6 is 11.6 Å². The Hall–Kier alpha value is -1.94. The van der Waals surface area contributed by atoms with Crippen LogP contribution in [-0.4, -0.2) is 0 Å². The van der Waals surface area contributed by atoms with E-state index >= 15 is 0 Å². The largest absolute Gasteiger partial charge is 0.416 e. The lowest BCUT2D eigenvalue weighted by atomic mass is 9.76. The predicted molar refractivity (Wildman–Crippen MR) is 89.2 cm³/mol. The van der Waals surface area contributed by atoms with Crippen molar-refractivity contribution in [2.45, 2.75) is 24.6 Å². The molecule has 0 amide bonds. The van der Waals surface area contributed by atoms with Crippen molar-refractivity contribution in [1.29, 1.82) is 0 Å². The molecule has 0 radical (unpaired) electrons. The summed E-state index contributed by atoms with van der Waals surface area (Å²) >= 11 is 6.11. The molecule has 0 aromatic heterocycles. The van der Waals surface area contributed by atoms with Crippen molar-refractivity contribution >= 4 is 17.3 Å². The molecular weight excluding hydrogens is 335 g/mol. The molecule has 0 bridgehead atoms. The van der Waals surface area contributed by atoms with Crippen molar-refractivity contribution in [1.82, 2.24) is 0 Å². The van der Waals surface area contributed by atoms with E-state index in [1.807, 2.05) is 30.3 Å². The molecule has 0 saturated carbocycles. The van der Waals surface area contributed by atoms with Gasteiger partial charge in [-0.25, -0.2) is 0 Å².